The van der Waals surface area contributed by atoms with Crippen LogP contribution in [0.3, 0.4) is 0 Å². The summed E-state index contributed by atoms with van der Waals surface area (Å²) in [7, 11) is 2.83. The fourth-order valence-electron chi connectivity index (χ4n) is 5.13. The lowest BCUT2D eigenvalue weighted by atomic mass is 9.85. The van der Waals surface area contributed by atoms with Gasteiger partial charge in [0.2, 0.25) is 5.75 Å². The van der Waals surface area contributed by atoms with Gasteiger partial charge in [0.15, 0.2) is 18.1 Å². The van der Waals surface area contributed by atoms with Crippen LogP contribution in [-0.2, 0) is 14.4 Å². The topological polar surface area (TPSA) is 107 Å². The Morgan fingerprint density at radius 1 is 1.08 bits per heavy atom. The molecule has 3 amide bonds. The van der Waals surface area contributed by atoms with Crippen molar-refractivity contribution in [2.75, 3.05) is 26.1 Å². The van der Waals surface area contributed by atoms with Gasteiger partial charge >= 0.3 is 0 Å². The third-order valence-electron chi connectivity index (χ3n) is 6.75. The number of allylic oxidation sites excluding steroid dienone is 2. The van der Waals surface area contributed by atoms with Crippen LogP contribution < -0.4 is 19.5 Å². The van der Waals surface area contributed by atoms with Crippen LogP contribution >= 0.6 is 0 Å². The van der Waals surface area contributed by atoms with Crippen molar-refractivity contribution in [3.05, 3.63) is 59.9 Å². The molecule has 2 aromatic carbocycles. The number of ether oxygens (including phenoxy) is 3. The molecule has 1 N–H and O–H groups in total. The van der Waals surface area contributed by atoms with Crippen LogP contribution in [0.2, 0.25) is 0 Å². The minimum atomic E-state index is -0.574. The monoisotopic (exact) mass is 493 g/mol. The minimum Gasteiger partial charge on any atom is -0.493 e. The molecule has 1 aliphatic heterocycles. The third-order valence-corrected chi connectivity index (χ3v) is 6.75. The molecule has 2 aromatic rings. The molecule has 186 valence electrons. The lowest BCUT2D eigenvalue weighted by molar-refractivity contribution is -0.140. The van der Waals surface area contributed by atoms with E-state index >= 15 is 0 Å². The molecule has 0 aromatic heterocycles. The number of hydrazone groups is 1. The highest BCUT2D eigenvalue weighted by Crippen LogP contribution is 2.52. The van der Waals surface area contributed by atoms with E-state index in [-0.39, 0.29) is 58.4 Å². The zero-order valence-corrected chi connectivity index (χ0v) is 19.6. The zero-order chi connectivity index (χ0) is 25.4. The average molecular weight is 493 g/mol. The Morgan fingerprint density at radius 2 is 1.69 bits per heavy atom. The molecule has 9 nitrogen and oxygen atoms in total. The number of carbonyl (C=O) groups excluding carboxylic acids is 3. The number of benzene rings is 2. The number of hydrogen-bond acceptors (Lipinski definition) is 7. The van der Waals surface area contributed by atoms with Gasteiger partial charge in [-0.05, 0) is 42.5 Å². The highest BCUT2D eigenvalue weighted by molar-refractivity contribution is 6.06. The SMILES string of the molecule is COc1cc(C=NN2C(=O)[C@@H]3[C@H](C2=O)[C@H]2C=C[C@H]3C2)cc(OC)c1OCC(=O)Nc1ccccc1F. The van der Waals surface area contributed by atoms with E-state index in [2.05, 4.69) is 10.4 Å². The Bertz CT molecular complexity index is 1240. The number of anilines is 1. The molecular formula is C26H24FN3O6. The van der Waals surface area contributed by atoms with Crippen molar-refractivity contribution in [2.45, 2.75) is 6.42 Å². The largest absolute Gasteiger partial charge is 0.493 e. The second-order valence-corrected chi connectivity index (χ2v) is 8.80. The van der Waals surface area contributed by atoms with Gasteiger partial charge in [-0.15, -0.1) is 0 Å². The average Bonchev–Trinajstić information content (AvgIpc) is 3.56. The Balaban J connectivity index is 1.30. The van der Waals surface area contributed by atoms with Crippen LogP contribution in [-0.4, -0.2) is 49.8 Å². The fraction of sp³-hybridized carbons (Fsp3) is 0.308. The molecule has 36 heavy (non-hydrogen) atoms. The molecule has 2 fully saturated rings. The van der Waals surface area contributed by atoms with Gasteiger partial charge < -0.3 is 19.5 Å². The Labute approximate surface area is 206 Å². The number of hydrogen-bond donors (Lipinski definition) is 1. The third kappa shape index (κ3) is 4.08. The van der Waals surface area contributed by atoms with Crippen LogP contribution in [0.5, 0.6) is 17.2 Å². The molecule has 3 aliphatic rings. The summed E-state index contributed by atoms with van der Waals surface area (Å²) < 4.78 is 30.2. The number of nitrogens with zero attached hydrogens (tertiary/aromatic N) is 2. The molecule has 1 heterocycles. The first-order valence-electron chi connectivity index (χ1n) is 11.4. The highest BCUT2D eigenvalue weighted by atomic mass is 19.1. The summed E-state index contributed by atoms with van der Waals surface area (Å²) in [6.07, 6.45) is 6.27. The maximum absolute atomic E-state index is 13.8. The number of amides is 3. The number of halogens is 1. The van der Waals surface area contributed by atoms with Crippen LogP contribution in [0.15, 0.2) is 53.7 Å². The van der Waals surface area contributed by atoms with E-state index in [1.54, 1.807) is 18.2 Å². The summed E-state index contributed by atoms with van der Waals surface area (Å²) in [5, 5.41) is 7.57. The van der Waals surface area contributed by atoms with Crippen LogP contribution in [0.4, 0.5) is 10.1 Å². The van der Waals surface area contributed by atoms with Crippen molar-refractivity contribution in [1.29, 1.82) is 0 Å². The molecule has 1 saturated carbocycles. The molecule has 0 spiro atoms. The Morgan fingerprint density at radius 3 is 2.28 bits per heavy atom. The van der Waals surface area contributed by atoms with Crippen LogP contribution in [0.25, 0.3) is 0 Å². The number of nitrogens with one attached hydrogen (secondary N) is 1. The summed E-state index contributed by atoms with van der Waals surface area (Å²) in [4.78, 5) is 37.9. The standard InChI is InChI=1S/C26H24FN3O6/c1-34-19-9-14(12-28-30-25(32)22-15-7-8-16(11-15)23(22)26(30)33)10-20(35-2)24(19)36-13-21(31)29-18-6-4-3-5-17(18)27/h3-10,12,15-16,22-23H,11,13H2,1-2H3,(H,29,31)/t15-,16-,22-,23+/m0/s1. The molecule has 4 atom stereocenters. The smallest absolute Gasteiger partial charge is 0.262 e. The van der Waals surface area contributed by atoms with E-state index in [0.29, 0.717) is 5.56 Å². The Kier molecular flexibility index (Phi) is 6.17. The van der Waals surface area contributed by atoms with Crippen molar-refractivity contribution < 1.29 is 33.0 Å². The predicted octanol–water partition coefficient (Wildman–Crippen LogP) is 3.00. The molecule has 1 saturated heterocycles. The van der Waals surface area contributed by atoms with Gasteiger partial charge in [0, 0.05) is 5.56 Å². The van der Waals surface area contributed by atoms with Gasteiger partial charge in [0.05, 0.1) is 38.0 Å². The molecule has 0 radical (unpaired) electrons. The van der Waals surface area contributed by atoms with Crippen molar-refractivity contribution in [3.8, 4) is 17.2 Å². The van der Waals surface area contributed by atoms with Gasteiger partial charge in [0.1, 0.15) is 5.82 Å². The van der Waals surface area contributed by atoms with Crippen LogP contribution in [0, 0.1) is 29.5 Å². The lowest BCUT2D eigenvalue weighted by Crippen LogP contribution is -2.28. The quantitative estimate of drug-likeness (QED) is 0.344. The first-order valence-corrected chi connectivity index (χ1v) is 11.4. The van der Waals surface area contributed by atoms with Gasteiger partial charge in [-0.3, -0.25) is 14.4 Å². The molecular weight excluding hydrogens is 469 g/mol. The number of carbonyl (C=O) groups is 3. The number of para-hydroxylation sites is 1. The number of fused-ring (bicyclic) bond motifs is 5. The van der Waals surface area contributed by atoms with E-state index in [1.165, 1.54) is 38.6 Å². The van der Waals surface area contributed by atoms with Gasteiger partial charge in [0.25, 0.3) is 17.7 Å². The molecule has 0 unspecified atom stereocenters. The van der Waals surface area contributed by atoms with Crippen molar-refractivity contribution in [1.82, 2.24) is 5.01 Å². The van der Waals surface area contributed by atoms with E-state index in [1.807, 2.05) is 12.2 Å². The van der Waals surface area contributed by atoms with Crippen molar-refractivity contribution in [3.63, 3.8) is 0 Å². The fourth-order valence-corrected chi connectivity index (χ4v) is 5.13. The van der Waals surface area contributed by atoms with Gasteiger partial charge in [-0.2, -0.15) is 10.1 Å². The normalized spacial score (nSPS) is 23.9. The summed E-state index contributed by atoms with van der Waals surface area (Å²) in [5.74, 6) is -1.52. The van der Waals surface area contributed by atoms with Crippen molar-refractivity contribution >= 4 is 29.6 Å². The maximum atomic E-state index is 13.8. The highest BCUT2D eigenvalue weighted by Gasteiger charge is 2.59. The first kappa shape index (κ1) is 23.5. The Hall–Kier alpha value is -4.21. The van der Waals surface area contributed by atoms with Crippen LogP contribution in [0.1, 0.15) is 12.0 Å². The second kappa shape index (κ2) is 9.44. The summed E-state index contributed by atoms with van der Waals surface area (Å²) in [5.41, 5.74) is 0.529. The molecule has 10 heteroatoms. The molecule has 2 bridgehead atoms. The number of imide groups is 1. The lowest BCUT2D eigenvalue weighted by Gasteiger charge is -2.15. The zero-order valence-electron chi connectivity index (χ0n) is 19.6. The second-order valence-electron chi connectivity index (χ2n) is 8.80. The minimum absolute atomic E-state index is 0.0375. The van der Waals surface area contributed by atoms with E-state index < -0.39 is 18.3 Å². The maximum Gasteiger partial charge on any atom is 0.262 e. The van der Waals surface area contributed by atoms with Crippen molar-refractivity contribution in [2.24, 2.45) is 28.8 Å². The van der Waals surface area contributed by atoms with E-state index in [0.717, 1.165) is 11.4 Å². The van der Waals surface area contributed by atoms with Gasteiger partial charge in [-0.1, -0.05) is 24.3 Å². The molecule has 5 rings (SSSR count). The summed E-state index contributed by atoms with van der Waals surface area (Å²) in [6.45, 7) is -0.426. The van der Waals surface area contributed by atoms with E-state index in [9.17, 15) is 18.8 Å². The summed E-state index contributed by atoms with van der Waals surface area (Å²) >= 11 is 0. The summed E-state index contributed by atoms with van der Waals surface area (Å²) in [6, 6.07) is 8.94. The molecule has 2 aliphatic carbocycles. The number of methoxy groups -OCH3 is 2. The predicted molar refractivity (Wildman–Crippen MR) is 127 cm³/mol. The first-order chi connectivity index (χ1) is 17.4. The van der Waals surface area contributed by atoms with E-state index in [4.69, 9.17) is 14.2 Å². The number of rotatable bonds is 8. The van der Waals surface area contributed by atoms with Gasteiger partial charge in [-0.25, -0.2) is 4.39 Å².